The Morgan fingerprint density at radius 1 is 0.679 bits per heavy atom. The highest BCUT2D eigenvalue weighted by molar-refractivity contribution is 4.80. The lowest BCUT2D eigenvalue weighted by Crippen LogP contribution is -2.44. The van der Waals surface area contributed by atoms with Gasteiger partial charge in [-0.1, -0.05) is 79.2 Å². The Labute approximate surface area is 176 Å². The van der Waals surface area contributed by atoms with Crippen molar-refractivity contribution >= 4 is 0 Å². The lowest BCUT2D eigenvalue weighted by atomic mass is 9.86. The molecule has 1 atom stereocenters. The highest BCUT2D eigenvalue weighted by atomic mass is 16.7. The first-order chi connectivity index (χ1) is 13.7. The molecule has 0 bridgehead atoms. The zero-order valence-corrected chi connectivity index (χ0v) is 19.8. The first kappa shape index (κ1) is 27.5. The smallest absolute Gasteiger partial charge is 0.170 e. The summed E-state index contributed by atoms with van der Waals surface area (Å²) in [6, 6.07) is 0. The van der Waals surface area contributed by atoms with Crippen molar-refractivity contribution in [3.05, 3.63) is 12.3 Å². The standard InChI is InChI=1S/C25H50O3/c1-6-11-13-14-15-16-18-24(19-17-23-26-22-12-7-2)25(10-5,27-20-8-3)28-21-9-4/h12,22,24H,6-11,13-21,23H2,1-5H3. The zero-order valence-electron chi connectivity index (χ0n) is 19.8. The molecule has 3 heteroatoms. The van der Waals surface area contributed by atoms with E-state index in [1.165, 1.54) is 44.9 Å². The third kappa shape index (κ3) is 12.8. The SMILES string of the molecule is CCC=COCCCC(CCCCCCCC)C(CC)(OCCC)OCCC. The molecule has 28 heavy (non-hydrogen) atoms. The minimum atomic E-state index is -0.422. The van der Waals surface area contributed by atoms with Gasteiger partial charge < -0.3 is 14.2 Å². The van der Waals surface area contributed by atoms with Gasteiger partial charge in [-0.3, -0.25) is 0 Å². The van der Waals surface area contributed by atoms with Crippen LogP contribution in [-0.4, -0.2) is 25.6 Å². The van der Waals surface area contributed by atoms with E-state index in [0.29, 0.717) is 5.92 Å². The molecule has 0 aromatic heterocycles. The van der Waals surface area contributed by atoms with Gasteiger partial charge in [0.25, 0.3) is 0 Å². The summed E-state index contributed by atoms with van der Waals surface area (Å²) in [5.74, 6) is 0.0230. The fourth-order valence-electron chi connectivity index (χ4n) is 3.72. The first-order valence-electron chi connectivity index (χ1n) is 12.2. The summed E-state index contributed by atoms with van der Waals surface area (Å²) in [5, 5.41) is 0. The molecular weight excluding hydrogens is 348 g/mol. The van der Waals surface area contributed by atoms with Gasteiger partial charge in [-0.05, 0) is 44.9 Å². The summed E-state index contributed by atoms with van der Waals surface area (Å²) >= 11 is 0. The summed E-state index contributed by atoms with van der Waals surface area (Å²) in [7, 11) is 0. The van der Waals surface area contributed by atoms with Gasteiger partial charge in [0.1, 0.15) is 0 Å². The van der Waals surface area contributed by atoms with Crippen LogP contribution in [0.25, 0.3) is 0 Å². The highest BCUT2D eigenvalue weighted by Crippen LogP contribution is 2.35. The van der Waals surface area contributed by atoms with Crippen LogP contribution in [0, 0.1) is 5.92 Å². The van der Waals surface area contributed by atoms with Gasteiger partial charge in [0.2, 0.25) is 0 Å². The average Bonchev–Trinajstić information content (AvgIpc) is 2.72. The third-order valence-corrected chi connectivity index (χ3v) is 5.36. The van der Waals surface area contributed by atoms with Gasteiger partial charge in [0.15, 0.2) is 5.79 Å². The Balaban J connectivity index is 4.84. The highest BCUT2D eigenvalue weighted by Gasteiger charge is 2.38. The average molecular weight is 399 g/mol. The second kappa shape index (κ2) is 19.8. The van der Waals surface area contributed by atoms with E-state index in [1.807, 2.05) is 6.26 Å². The summed E-state index contributed by atoms with van der Waals surface area (Å²) in [6.45, 7) is 13.3. The number of rotatable bonds is 21. The molecule has 0 saturated heterocycles. The first-order valence-corrected chi connectivity index (χ1v) is 12.2. The number of hydrogen-bond acceptors (Lipinski definition) is 3. The predicted octanol–water partition coefficient (Wildman–Crippen LogP) is 8.03. The number of ether oxygens (including phenoxy) is 3. The molecule has 0 aromatic rings. The molecule has 0 radical (unpaired) electrons. The minimum Gasteiger partial charge on any atom is -0.502 e. The molecule has 0 N–H and O–H groups in total. The summed E-state index contributed by atoms with van der Waals surface area (Å²) in [4.78, 5) is 0. The molecule has 0 amide bonds. The van der Waals surface area contributed by atoms with E-state index in [4.69, 9.17) is 14.2 Å². The van der Waals surface area contributed by atoms with E-state index in [0.717, 1.165) is 58.3 Å². The Bertz CT molecular complexity index is 333. The van der Waals surface area contributed by atoms with E-state index >= 15 is 0 Å². The van der Waals surface area contributed by atoms with Crippen LogP contribution in [0.5, 0.6) is 0 Å². The lowest BCUT2D eigenvalue weighted by Gasteiger charge is -2.40. The molecular formula is C25H50O3. The van der Waals surface area contributed by atoms with E-state index in [9.17, 15) is 0 Å². The van der Waals surface area contributed by atoms with Crippen molar-refractivity contribution in [2.75, 3.05) is 19.8 Å². The van der Waals surface area contributed by atoms with Crippen molar-refractivity contribution in [1.29, 1.82) is 0 Å². The van der Waals surface area contributed by atoms with Crippen LogP contribution in [-0.2, 0) is 14.2 Å². The third-order valence-electron chi connectivity index (χ3n) is 5.36. The molecule has 1 unspecified atom stereocenters. The molecule has 0 spiro atoms. The Morgan fingerprint density at radius 3 is 1.86 bits per heavy atom. The van der Waals surface area contributed by atoms with Crippen LogP contribution in [0.1, 0.15) is 118 Å². The van der Waals surface area contributed by atoms with Gasteiger partial charge in [-0.2, -0.15) is 0 Å². The minimum absolute atomic E-state index is 0.422. The maximum absolute atomic E-state index is 6.41. The van der Waals surface area contributed by atoms with Gasteiger partial charge in [-0.15, -0.1) is 0 Å². The summed E-state index contributed by atoms with van der Waals surface area (Å²) < 4.78 is 18.5. The van der Waals surface area contributed by atoms with E-state index in [2.05, 4.69) is 40.7 Å². The van der Waals surface area contributed by atoms with Crippen LogP contribution in [0.3, 0.4) is 0 Å². The maximum Gasteiger partial charge on any atom is 0.170 e. The zero-order chi connectivity index (χ0) is 20.9. The second-order valence-electron chi connectivity index (χ2n) is 7.91. The van der Waals surface area contributed by atoms with Gasteiger partial charge in [0.05, 0.1) is 12.9 Å². The molecule has 0 rings (SSSR count). The lowest BCUT2D eigenvalue weighted by molar-refractivity contribution is -0.272. The molecule has 0 aliphatic carbocycles. The Kier molecular flexibility index (Phi) is 19.4. The van der Waals surface area contributed by atoms with Gasteiger partial charge >= 0.3 is 0 Å². The normalized spacial score (nSPS) is 13.3. The van der Waals surface area contributed by atoms with Crippen LogP contribution >= 0.6 is 0 Å². The molecule has 0 aliphatic rings. The molecule has 3 nitrogen and oxygen atoms in total. The monoisotopic (exact) mass is 398 g/mol. The fraction of sp³-hybridized carbons (Fsp3) is 0.920. The maximum atomic E-state index is 6.41. The molecule has 0 aromatic carbocycles. The molecule has 0 fully saturated rings. The van der Waals surface area contributed by atoms with Gasteiger partial charge in [-0.25, -0.2) is 0 Å². The van der Waals surface area contributed by atoms with E-state index < -0.39 is 5.79 Å². The van der Waals surface area contributed by atoms with Crippen molar-refractivity contribution in [3.63, 3.8) is 0 Å². The van der Waals surface area contributed by atoms with Crippen molar-refractivity contribution < 1.29 is 14.2 Å². The van der Waals surface area contributed by atoms with Crippen molar-refractivity contribution in [2.45, 2.75) is 124 Å². The van der Waals surface area contributed by atoms with E-state index in [-0.39, 0.29) is 0 Å². The summed E-state index contributed by atoms with van der Waals surface area (Å²) in [5.41, 5.74) is 0. The van der Waals surface area contributed by atoms with E-state index in [1.54, 1.807) is 0 Å². The molecule has 168 valence electrons. The van der Waals surface area contributed by atoms with Crippen molar-refractivity contribution in [2.24, 2.45) is 5.92 Å². The second-order valence-corrected chi connectivity index (χ2v) is 7.91. The molecule has 0 aliphatic heterocycles. The topological polar surface area (TPSA) is 27.7 Å². The predicted molar refractivity (Wildman–Crippen MR) is 122 cm³/mol. The van der Waals surface area contributed by atoms with Crippen LogP contribution in [0.4, 0.5) is 0 Å². The largest absolute Gasteiger partial charge is 0.502 e. The number of hydrogen-bond donors (Lipinski definition) is 0. The van der Waals surface area contributed by atoms with Crippen molar-refractivity contribution in [1.82, 2.24) is 0 Å². The van der Waals surface area contributed by atoms with Crippen LogP contribution < -0.4 is 0 Å². The summed E-state index contributed by atoms with van der Waals surface area (Å²) in [6.07, 6.45) is 19.3. The molecule has 0 heterocycles. The Morgan fingerprint density at radius 2 is 1.29 bits per heavy atom. The Hall–Kier alpha value is -0.540. The van der Waals surface area contributed by atoms with Gasteiger partial charge in [0, 0.05) is 19.1 Å². The van der Waals surface area contributed by atoms with Crippen LogP contribution in [0.15, 0.2) is 12.3 Å². The quantitative estimate of drug-likeness (QED) is 0.111. The molecule has 0 saturated carbocycles. The number of unbranched alkanes of at least 4 members (excludes halogenated alkanes) is 5. The number of allylic oxidation sites excluding steroid dienone is 1. The van der Waals surface area contributed by atoms with Crippen LogP contribution in [0.2, 0.25) is 0 Å². The van der Waals surface area contributed by atoms with Crippen molar-refractivity contribution in [3.8, 4) is 0 Å². The fourth-order valence-corrected chi connectivity index (χ4v) is 3.72.